The van der Waals surface area contributed by atoms with Crippen molar-refractivity contribution in [1.29, 1.82) is 0 Å². The van der Waals surface area contributed by atoms with Crippen LogP contribution in [0, 0.1) is 6.92 Å². The van der Waals surface area contributed by atoms with Gasteiger partial charge in [-0.2, -0.15) is 0 Å². The van der Waals surface area contributed by atoms with Crippen molar-refractivity contribution in [3.63, 3.8) is 0 Å². The monoisotopic (exact) mass is 287 g/mol. The first-order valence-corrected chi connectivity index (χ1v) is 7.11. The highest BCUT2D eigenvalue weighted by Gasteiger charge is 2.09. The van der Waals surface area contributed by atoms with E-state index in [2.05, 4.69) is 15.3 Å². The van der Waals surface area contributed by atoms with E-state index in [1.165, 1.54) is 0 Å². The average Bonchev–Trinajstić information content (AvgIpc) is 2.48. The first kappa shape index (κ1) is 15.1. The molecule has 0 aliphatic rings. The largest absolute Gasteiger partial charge is 0.490 e. The molecule has 1 N–H and O–H groups in total. The number of rotatable bonds is 6. The van der Waals surface area contributed by atoms with E-state index in [4.69, 9.17) is 9.47 Å². The van der Waals surface area contributed by atoms with E-state index in [-0.39, 0.29) is 0 Å². The van der Waals surface area contributed by atoms with Crippen LogP contribution >= 0.6 is 0 Å². The molecule has 1 heterocycles. The molecule has 2 rings (SSSR count). The normalized spacial score (nSPS) is 10.3. The molecular weight excluding hydrogens is 266 g/mol. The zero-order valence-corrected chi connectivity index (χ0v) is 12.9. The Morgan fingerprint density at radius 2 is 1.71 bits per heavy atom. The molecule has 0 saturated carbocycles. The molecule has 5 nitrogen and oxygen atoms in total. The second kappa shape index (κ2) is 6.92. The third-order valence-electron chi connectivity index (χ3n) is 2.93. The van der Waals surface area contributed by atoms with Crippen LogP contribution in [-0.4, -0.2) is 30.2 Å². The Balaban J connectivity index is 2.44. The molecule has 0 atom stereocenters. The summed E-state index contributed by atoms with van der Waals surface area (Å²) in [5, 5.41) is 3.04. The highest BCUT2D eigenvalue weighted by molar-refractivity contribution is 5.66. The summed E-state index contributed by atoms with van der Waals surface area (Å²) in [6, 6.07) is 7.77. The summed E-state index contributed by atoms with van der Waals surface area (Å²) >= 11 is 0. The molecule has 0 spiro atoms. The first-order valence-electron chi connectivity index (χ1n) is 7.11. The summed E-state index contributed by atoms with van der Waals surface area (Å²) < 4.78 is 11.2. The lowest BCUT2D eigenvalue weighted by Crippen LogP contribution is -2.00. The maximum atomic E-state index is 5.65. The third kappa shape index (κ3) is 3.62. The van der Waals surface area contributed by atoms with Crippen LogP contribution in [0.4, 0.5) is 5.82 Å². The lowest BCUT2D eigenvalue weighted by atomic mass is 10.1. The summed E-state index contributed by atoms with van der Waals surface area (Å²) in [7, 11) is 1.84. The van der Waals surface area contributed by atoms with Gasteiger partial charge in [0.25, 0.3) is 0 Å². The molecule has 2 aromatic rings. The number of aryl methyl sites for hydroxylation is 1. The fraction of sp³-hybridized carbons (Fsp3) is 0.375. The van der Waals surface area contributed by atoms with Crippen molar-refractivity contribution in [1.82, 2.24) is 9.97 Å². The Labute approximate surface area is 125 Å². The van der Waals surface area contributed by atoms with E-state index in [9.17, 15) is 0 Å². The fourth-order valence-electron chi connectivity index (χ4n) is 2.05. The Bertz CT molecular complexity index is 614. The topological polar surface area (TPSA) is 56.3 Å². The molecule has 0 unspecified atom stereocenters. The Morgan fingerprint density at radius 3 is 2.38 bits per heavy atom. The van der Waals surface area contributed by atoms with Crippen molar-refractivity contribution in [2.75, 3.05) is 25.6 Å². The molecular formula is C16H21N3O2. The van der Waals surface area contributed by atoms with E-state index in [1.54, 1.807) is 0 Å². The van der Waals surface area contributed by atoms with Crippen LogP contribution in [0.2, 0.25) is 0 Å². The second-order valence-corrected chi connectivity index (χ2v) is 4.46. The third-order valence-corrected chi connectivity index (χ3v) is 2.93. The van der Waals surface area contributed by atoms with E-state index >= 15 is 0 Å². The number of ether oxygens (including phenoxy) is 2. The number of hydrogen-bond acceptors (Lipinski definition) is 5. The van der Waals surface area contributed by atoms with E-state index in [0.29, 0.717) is 13.2 Å². The van der Waals surface area contributed by atoms with Crippen molar-refractivity contribution in [2.24, 2.45) is 0 Å². The number of nitrogens with zero attached hydrogens (tertiary/aromatic N) is 2. The van der Waals surface area contributed by atoms with Gasteiger partial charge in [0, 0.05) is 18.7 Å². The number of aromatic nitrogens is 2. The molecule has 0 fully saturated rings. The van der Waals surface area contributed by atoms with Gasteiger partial charge in [0.2, 0.25) is 0 Å². The number of nitrogens with one attached hydrogen (secondary N) is 1. The SMILES string of the molecule is CCOc1ccc(-c2cc(NC)nc(C)n2)cc1OCC. The molecule has 5 heteroatoms. The Hall–Kier alpha value is -2.30. The van der Waals surface area contributed by atoms with Gasteiger partial charge in [-0.3, -0.25) is 0 Å². The molecule has 0 saturated heterocycles. The zero-order valence-electron chi connectivity index (χ0n) is 12.9. The first-order chi connectivity index (χ1) is 10.2. The number of benzene rings is 1. The van der Waals surface area contributed by atoms with Crippen molar-refractivity contribution < 1.29 is 9.47 Å². The van der Waals surface area contributed by atoms with Crippen molar-refractivity contribution in [3.8, 4) is 22.8 Å². The van der Waals surface area contributed by atoms with Crippen LogP contribution < -0.4 is 14.8 Å². The standard InChI is InChI=1S/C16H21N3O2/c1-5-20-14-8-7-12(9-15(14)21-6-2)13-10-16(17-4)19-11(3)18-13/h7-10H,5-6H2,1-4H3,(H,17,18,19). The smallest absolute Gasteiger partial charge is 0.161 e. The van der Waals surface area contributed by atoms with E-state index in [1.807, 2.05) is 52.1 Å². The predicted octanol–water partition coefficient (Wildman–Crippen LogP) is 3.29. The predicted molar refractivity (Wildman–Crippen MR) is 84.1 cm³/mol. The molecule has 0 aliphatic carbocycles. The van der Waals surface area contributed by atoms with Gasteiger partial charge in [-0.15, -0.1) is 0 Å². The minimum Gasteiger partial charge on any atom is -0.490 e. The highest BCUT2D eigenvalue weighted by atomic mass is 16.5. The van der Waals surface area contributed by atoms with E-state index in [0.717, 1.165) is 34.4 Å². The summed E-state index contributed by atoms with van der Waals surface area (Å²) in [6.45, 7) is 6.99. The lowest BCUT2D eigenvalue weighted by molar-refractivity contribution is 0.288. The van der Waals surface area contributed by atoms with Crippen molar-refractivity contribution in [3.05, 3.63) is 30.1 Å². The van der Waals surface area contributed by atoms with Gasteiger partial charge in [-0.05, 0) is 39.0 Å². The minimum absolute atomic E-state index is 0.591. The van der Waals surface area contributed by atoms with Gasteiger partial charge in [0.1, 0.15) is 11.6 Å². The van der Waals surface area contributed by atoms with Gasteiger partial charge in [-0.1, -0.05) is 0 Å². The molecule has 1 aromatic heterocycles. The van der Waals surface area contributed by atoms with E-state index < -0.39 is 0 Å². The van der Waals surface area contributed by atoms with Gasteiger partial charge in [0.05, 0.1) is 18.9 Å². The molecule has 0 bridgehead atoms. The molecule has 0 radical (unpaired) electrons. The van der Waals surface area contributed by atoms with Gasteiger partial charge in [-0.25, -0.2) is 9.97 Å². The van der Waals surface area contributed by atoms with Crippen LogP contribution in [0.15, 0.2) is 24.3 Å². The maximum absolute atomic E-state index is 5.65. The molecule has 0 aliphatic heterocycles. The quantitative estimate of drug-likeness (QED) is 0.883. The second-order valence-electron chi connectivity index (χ2n) is 4.46. The molecule has 112 valence electrons. The maximum Gasteiger partial charge on any atom is 0.161 e. The van der Waals surface area contributed by atoms with Crippen molar-refractivity contribution >= 4 is 5.82 Å². The van der Waals surface area contributed by atoms with Crippen LogP contribution in [0.3, 0.4) is 0 Å². The van der Waals surface area contributed by atoms with Gasteiger partial charge in [0.15, 0.2) is 11.5 Å². The van der Waals surface area contributed by atoms with Crippen molar-refractivity contribution in [2.45, 2.75) is 20.8 Å². The molecule has 0 amide bonds. The summed E-state index contributed by atoms with van der Waals surface area (Å²) in [6.07, 6.45) is 0. The highest BCUT2D eigenvalue weighted by Crippen LogP contribution is 2.32. The minimum atomic E-state index is 0.591. The summed E-state index contributed by atoms with van der Waals surface area (Å²) in [4.78, 5) is 8.79. The Kier molecular flexibility index (Phi) is 4.98. The zero-order chi connectivity index (χ0) is 15.2. The van der Waals surface area contributed by atoms with Crippen LogP contribution in [0.1, 0.15) is 19.7 Å². The van der Waals surface area contributed by atoms with Gasteiger partial charge < -0.3 is 14.8 Å². The summed E-state index contributed by atoms with van der Waals surface area (Å²) in [5.41, 5.74) is 1.83. The number of anilines is 1. The van der Waals surface area contributed by atoms with Gasteiger partial charge >= 0.3 is 0 Å². The molecule has 1 aromatic carbocycles. The Morgan fingerprint density at radius 1 is 1.00 bits per heavy atom. The van der Waals surface area contributed by atoms with Crippen LogP contribution in [0.25, 0.3) is 11.3 Å². The summed E-state index contributed by atoms with van der Waals surface area (Å²) in [5.74, 6) is 3.01. The van der Waals surface area contributed by atoms with Crippen LogP contribution in [0.5, 0.6) is 11.5 Å². The molecule has 21 heavy (non-hydrogen) atoms. The van der Waals surface area contributed by atoms with Crippen LogP contribution in [-0.2, 0) is 0 Å². The average molecular weight is 287 g/mol. The number of hydrogen-bond donors (Lipinski definition) is 1. The lowest BCUT2D eigenvalue weighted by Gasteiger charge is -2.13. The fourth-order valence-corrected chi connectivity index (χ4v) is 2.05.